The maximum atomic E-state index is 12.9. The molecule has 21 heavy (non-hydrogen) atoms. The van der Waals surface area contributed by atoms with Gasteiger partial charge in [-0.15, -0.1) is 0 Å². The molecule has 1 aliphatic rings. The molecule has 0 aromatic heterocycles. The van der Waals surface area contributed by atoms with Gasteiger partial charge < -0.3 is 10.4 Å². The number of aryl methyl sites for hydroxylation is 1. The van der Waals surface area contributed by atoms with Crippen molar-refractivity contribution < 1.29 is 14.3 Å². The van der Waals surface area contributed by atoms with E-state index < -0.39 is 6.10 Å². The molecule has 3 rings (SSSR count). The lowest BCUT2D eigenvalue weighted by Crippen LogP contribution is -2.19. The highest BCUT2D eigenvalue weighted by Crippen LogP contribution is 2.35. The largest absolute Gasteiger partial charge is 0.384 e. The average Bonchev–Trinajstić information content (AvgIpc) is 2.48. The predicted octanol–water partition coefficient (Wildman–Crippen LogP) is 3.45. The Morgan fingerprint density at radius 2 is 1.86 bits per heavy atom. The standard InChI is InChI=1S/C16H13ClFNO2/c17-13-8-11(7-10-3-6-14(20)19-15(10)13)16(21)9-1-4-12(18)5-2-9/h1-2,4-5,7-8,16,21H,3,6H2,(H,19,20). The van der Waals surface area contributed by atoms with Crippen LogP contribution < -0.4 is 5.32 Å². The number of carbonyl (C=O) groups excluding carboxylic acids is 1. The number of amides is 1. The van der Waals surface area contributed by atoms with Crippen molar-refractivity contribution in [2.24, 2.45) is 0 Å². The van der Waals surface area contributed by atoms with E-state index in [2.05, 4.69) is 5.32 Å². The first kappa shape index (κ1) is 14.0. The molecule has 0 aliphatic carbocycles. The van der Waals surface area contributed by atoms with Gasteiger partial charge in [-0.3, -0.25) is 4.79 Å². The fraction of sp³-hybridized carbons (Fsp3) is 0.188. The molecule has 108 valence electrons. The van der Waals surface area contributed by atoms with Gasteiger partial charge in [0.1, 0.15) is 11.9 Å². The summed E-state index contributed by atoms with van der Waals surface area (Å²) in [6.45, 7) is 0. The Morgan fingerprint density at radius 3 is 2.57 bits per heavy atom. The molecule has 0 fully saturated rings. The summed E-state index contributed by atoms with van der Waals surface area (Å²) in [5, 5.41) is 13.5. The lowest BCUT2D eigenvalue weighted by molar-refractivity contribution is -0.116. The van der Waals surface area contributed by atoms with E-state index in [1.54, 1.807) is 6.07 Å². The molecule has 1 aliphatic heterocycles. The van der Waals surface area contributed by atoms with Gasteiger partial charge in [0.2, 0.25) is 5.91 Å². The molecule has 1 unspecified atom stereocenters. The van der Waals surface area contributed by atoms with Crippen molar-refractivity contribution in [3.63, 3.8) is 0 Å². The van der Waals surface area contributed by atoms with E-state index in [9.17, 15) is 14.3 Å². The Bertz CT molecular complexity index is 700. The number of halogens is 2. The zero-order valence-corrected chi connectivity index (χ0v) is 11.8. The number of fused-ring (bicyclic) bond motifs is 1. The Kier molecular flexibility index (Phi) is 3.66. The molecule has 2 aromatic carbocycles. The molecule has 0 saturated heterocycles. The number of nitrogens with one attached hydrogen (secondary N) is 1. The van der Waals surface area contributed by atoms with Crippen LogP contribution in [0.2, 0.25) is 5.02 Å². The minimum absolute atomic E-state index is 0.0590. The van der Waals surface area contributed by atoms with Crippen molar-refractivity contribution in [2.45, 2.75) is 18.9 Å². The number of hydrogen-bond acceptors (Lipinski definition) is 2. The number of hydrogen-bond donors (Lipinski definition) is 2. The van der Waals surface area contributed by atoms with Crippen LogP contribution >= 0.6 is 11.6 Å². The summed E-state index contributed by atoms with van der Waals surface area (Å²) in [5.74, 6) is -0.409. The number of anilines is 1. The summed E-state index contributed by atoms with van der Waals surface area (Å²) < 4.78 is 12.9. The summed E-state index contributed by atoms with van der Waals surface area (Å²) in [4.78, 5) is 11.4. The van der Waals surface area contributed by atoms with Crippen LogP contribution in [-0.2, 0) is 11.2 Å². The Hall–Kier alpha value is -1.91. The molecular weight excluding hydrogens is 293 g/mol. The van der Waals surface area contributed by atoms with Gasteiger partial charge in [0.15, 0.2) is 0 Å². The SMILES string of the molecule is O=C1CCc2cc(C(O)c3ccc(F)cc3)cc(Cl)c2N1. The molecule has 3 nitrogen and oxygen atoms in total. The fourth-order valence-electron chi connectivity index (χ4n) is 2.47. The van der Waals surface area contributed by atoms with E-state index in [4.69, 9.17) is 11.6 Å². The monoisotopic (exact) mass is 305 g/mol. The third-order valence-electron chi connectivity index (χ3n) is 3.58. The predicted molar refractivity (Wildman–Crippen MR) is 78.9 cm³/mol. The van der Waals surface area contributed by atoms with Crippen molar-refractivity contribution in [1.29, 1.82) is 0 Å². The molecule has 0 bridgehead atoms. The molecule has 0 spiro atoms. The van der Waals surface area contributed by atoms with Crippen LogP contribution in [0.15, 0.2) is 36.4 Å². The van der Waals surface area contributed by atoms with Crippen LogP contribution in [0.4, 0.5) is 10.1 Å². The van der Waals surface area contributed by atoms with Crippen LogP contribution in [0.3, 0.4) is 0 Å². The summed E-state index contributed by atoms with van der Waals surface area (Å²) in [7, 11) is 0. The highest BCUT2D eigenvalue weighted by Gasteiger charge is 2.21. The van der Waals surface area contributed by atoms with Gasteiger partial charge in [0.05, 0.1) is 10.7 Å². The van der Waals surface area contributed by atoms with Gasteiger partial charge >= 0.3 is 0 Å². The average molecular weight is 306 g/mol. The normalized spacial score (nSPS) is 15.3. The lowest BCUT2D eigenvalue weighted by atomic mass is 9.95. The van der Waals surface area contributed by atoms with Gasteiger partial charge in [-0.25, -0.2) is 4.39 Å². The summed E-state index contributed by atoms with van der Waals surface area (Å²) in [5.41, 5.74) is 2.73. The highest BCUT2D eigenvalue weighted by atomic mass is 35.5. The lowest BCUT2D eigenvalue weighted by Gasteiger charge is -2.21. The molecule has 5 heteroatoms. The number of rotatable bonds is 2. The third kappa shape index (κ3) is 2.77. The fourth-order valence-corrected chi connectivity index (χ4v) is 2.76. The first-order valence-corrected chi connectivity index (χ1v) is 6.98. The molecule has 2 aromatic rings. The number of carbonyl (C=O) groups is 1. The maximum Gasteiger partial charge on any atom is 0.224 e. The molecule has 1 atom stereocenters. The van der Waals surface area contributed by atoms with Gasteiger partial charge in [-0.1, -0.05) is 29.8 Å². The van der Waals surface area contributed by atoms with E-state index in [0.29, 0.717) is 34.7 Å². The first-order chi connectivity index (χ1) is 10.0. The molecule has 1 amide bonds. The molecule has 0 saturated carbocycles. The minimum atomic E-state index is -0.883. The van der Waals surface area contributed by atoms with E-state index in [-0.39, 0.29) is 11.7 Å². The van der Waals surface area contributed by atoms with Crippen LogP contribution in [0.1, 0.15) is 29.2 Å². The Morgan fingerprint density at radius 1 is 1.14 bits per heavy atom. The smallest absolute Gasteiger partial charge is 0.224 e. The van der Waals surface area contributed by atoms with Gasteiger partial charge in [-0.05, 0) is 41.3 Å². The van der Waals surface area contributed by atoms with Gasteiger partial charge in [0.25, 0.3) is 0 Å². The first-order valence-electron chi connectivity index (χ1n) is 6.60. The van der Waals surface area contributed by atoms with Crippen molar-refractivity contribution in [3.8, 4) is 0 Å². The van der Waals surface area contributed by atoms with Crippen molar-refractivity contribution >= 4 is 23.2 Å². The summed E-state index contributed by atoms with van der Waals surface area (Å²) in [6, 6.07) is 9.14. The van der Waals surface area contributed by atoms with Crippen molar-refractivity contribution in [1.82, 2.24) is 0 Å². The van der Waals surface area contributed by atoms with E-state index in [1.165, 1.54) is 24.3 Å². The maximum absolute atomic E-state index is 12.9. The summed E-state index contributed by atoms with van der Waals surface area (Å²) >= 11 is 6.18. The minimum Gasteiger partial charge on any atom is -0.384 e. The second-order valence-corrected chi connectivity index (χ2v) is 5.45. The Balaban J connectivity index is 1.97. The van der Waals surface area contributed by atoms with Crippen LogP contribution in [-0.4, -0.2) is 11.0 Å². The highest BCUT2D eigenvalue weighted by molar-refractivity contribution is 6.34. The van der Waals surface area contributed by atoms with Crippen molar-refractivity contribution in [3.05, 3.63) is 63.9 Å². The molecule has 1 heterocycles. The second kappa shape index (κ2) is 5.47. The van der Waals surface area contributed by atoms with Crippen LogP contribution in [0, 0.1) is 5.82 Å². The topological polar surface area (TPSA) is 49.3 Å². The van der Waals surface area contributed by atoms with Crippen molar-refractivity contribution in [2.75, 3.05) is 5.32 Å². The van der Waals surface area contributed by atoms with Gasteiger partial charge in [-0.2, -0.15) is 0 Å². The van der Waals surface area contributed by atoms with Gasteiger partial charge in [0, 0.05) is 6.42 Å². The number of aliphatic hydroxyl groups is 1. The zero-order valence-electron chi connectivity index (χ0n) is 11.1. The quantitative estimate of drug-likeness (QED) is 0.893. The molecule has 2 N–H and O–H groups in total. The van der Waals surface area contributed by atoms with Crippen LogP contribution in [0.25, 0.3) is 0 Å². The molecular formula is C16H13ClFNO2. The van der Waals surface area contributed by atoms with E-state index in [0.717, 1.165) is 5.56 Å². The molecule has 0 radical (unpaired) electrons. The van der Waals surface area contributed by atoms with E-state index >= 15 is 0 Å². The van der Waals surface area contributed by atoms with E-state index in [1.807, 2.05) is 6.07 Å². The zero-order chi connectivity index (χ0) is 15.0. The number of aliphatic hydroxyl groups excluding tert-OH is 1. The third-order valence-corrected chi connectivity index (χ3v) is 3.88. The summed E-state index contributed by atoms with van der Waals surface area (Å²) in [6.07, 6.45) is 0.107. The number of benzene rings is 2. The second-order valence-electron chi connectivity index (χ2n) is 5.04. The van der Waals surface area contributed by atoms with Crippen LogP contribution in [0.5, 0.6) is 0 Å². The Labute approximate surface area is 126 Å².